The Morgan fingerprint density at radius 1 is 1.05 bits per heavy atom. The summed E-state index contributed by atoms with van der Waals surface area (Å²) in [5.41, 5.74) is 0. The number of amides is 1. The number of piperazine rings is 1. The number of halogens is 2. The van der Waals surface area contributed by atoms with Gasteiger partial charge in [-0.05, 0) is 45.7 Å². The molecule has 1 amide bonds. The third-order valence-electron chi connectivity index (χ3n) is 5.22. The lowest BCUT2D eigenvalue weighted by molar-refractivity contribution is -0.141. The van der Waals surface area contributed by atoms with E-state index < -0.39 is 0 Å². The molecule has 3 aliphatic rings. The zero-order valence-corrected chi connectivity index (χ0v) is 14.6. The summed E-state index contributed by atoms with van der Waals surface area (Å²) in [6.07, 6.45) is 6.18. The molecule has 1 saturated carbocycles. The normalized spacial score (nSPS) is 28.2. The van der Waals surface area contributed by atoms with Gasteiger partial charge in [0.05, 0.1) is 0 Å². The summed E-state index contributed by atoms with van der Waals surface area (Å²) in [7, 11) is 0. The van der Waals surface area contributed by atoms with Crippen LogP contribution in [0.25, 0.3) is 0 Å². The Morgan fingerprint density at radius 3 is 2.24 bits per heavy atom. The van der Waals surface area contributed by atoms with E-state index in [0.29, 0.717) is 11.9 Å². The summed E-state index contributed by atoms with van der Waals surface area (Å²) in [6.45, 7) is 7.36. The SMILES string of the molecule is C[C@H]1CN(C2CCC2)CCN1C(=O)C1CCNCC1.Cl.Cl. The van der Waals surface area contributed by atoms with Gasteiger partial charge in [-0.1, -0.05) is 6.42 Å². The van der Waals surface area contributed by atoms with Crippen LogP contribution >= 0.6 is 24.8 Å². The molecule has 3 fully saturated rings. The van der Waals surface area contributed by atoms with Crippen LogP contribution in [0, 0.1) is 5.92 Å². The van der Waals surface area contributed by atoms with Crippen molar-refractivity contribution < 1.29 is 4.79 Å². The summed E-state index contributed by atoms with van der Waals surface area (Å²) in [5, 5.41) is 3.34. The standard InChI is InChI=1S/C15H27N3O.2ClH/c1-12-11-17(14-3-2-4-14)9-10-18(12)15(19)13-5-7-16-8-6-13;;/h12-14,16H,2-11H2,1H3;2*1H/t12-;;/m0../s1. The van der Waals surface area contributed by atoms with Crippen molar-refractivity contribution in [2.75, 3.05) is 32.7 Å². The maximum absolute atomic E-state index is 12.6. The van der Waals surface area contributed by atoms with Gasteiger partial charge in [-0.15, -0.1) is 24.8 Å². The first-order valence-electron chi connectivity index (χ1n) is 8.01. The zero-order valence-electron chi connectivity index (χ0n) is 12.9. The van der Waals surface area contributed by atoms with Crippen LogP contribution in [-0.4, -0.2) is 60.5 Å². The van der Waals surface area contributed by atoms with Crippen molar-refractivity contribution in [2.45, 2.75) is 51.1 Å². The highest BCUT2D eigenvalue weighted by molar-refractivity contribution is 5.85. The van der Waals surface area contributed by atoms with Crippen LogP contribution < -0.4 is 5.32 Å². The molecule has 3 rings (SSSR count). The number of carbonyl (C=O) groups excluding carboxylic acids is 1. The molecule has 1 aliphatic carbocycles. The summed E-state index contributed by atoms with van der Waals surface area (Å²) >= 11 is 0. The van der Waals surface area contributed by atoms with Crippen LogP contribution in [0.2, 0.25) is 0 Å². The van der Waals surface area contributed by atoms with E-state index in [9.17, 15) is 4.79 Å². The van der Waals surface area contributed by atoms with Gasteiger partial charge >= 0.3 is 0 Å². The molecule has 0 unspecified atom stereocenters. The average Bonchev–Trinajstić information content (AvgIpc) is 2.37. The highest BCUT2D eigenvalue weighted by Gasteiger charge is 2.35. The fourth-order valence-corrected chi connectivity index (χ4v) is 3.70. The number of piperidine rings is 1. The number of nitrogens with one attached hydrogen (secondary N) is 1. The van der Waals surface area contributed by atoms with E-state index in [1.165, 1.54) is 19.3 Å². The summed E-state index contributed by atoms with van der Waals surface area (Å²) < 4.78 is 0. The Labute approximate surface area is 140 Å². The molecule has 0 aromatic rings. The van der Waals surface area contributed by atoms with Gasteiger partial charge in [-0.2, -0.15) is 0 Å². The Morgan fingerprint density at radius 2 is 1.71 bits per heavy atom. The minimum Gasteiger partial charge on any atom is -0.337 e. The van der Waals surface area contributed by atoms with Gasteiger partial charge in [0, 0.05) is 37.6 Å². The minimum atomic E-state index is 0. The van der Waals surface area contributed by atoms with E-state index in [1.54, 1.807) is 0 Å². The Hall–Kier alpha value is -0.0300. The number of rotatable bonds is 2. The number of carbonyl (C=O) groups is 1. The molecule has 0 aromatic heterocycles. The van der Waals surface area contributed by atoms with Crippen LogP contribution in [0.4, 0.5) is 0 Å². The van der Waals surface area contributed by atoms with Gasteiger partial charge < -0.3 is 10.2 Å². The maximum Gasteiger partial charge on any atom is 0.226 e. The summed E-state index contributed by atoms with van der Waals surface area (Å²) in [5.74, 6) is 0.696. The highest BCUT2D eigenvalue weighted by Crippen LogP contribution is 2.27. The molecule has 6 heteroatoms. The smallest absolute Gasteiger partial charge is 0.226 e. The summed E-state index contributed by atoms with van der Waals surface area (Å²) in [6, 6.07) is 1.22. The first-order valence-corrected chi connectivity index (χ1v) is 8.01. The lowest BCUT2D eigenvalue weighted by Crippen LogP contribution is -2.59. The van der Waals surface area contributed by atoms with Gasteiger partial charge in [0.1, 0.15) is 0 Å². The quantitative estimate of drug-likeness (QED) is 0.836. The van der Waals surface area contributed by atoms with E-state index in [1.807, 2.05) is 0 Å². The van der Waals surface area contributed by atoms with E-state index in [0.717, 1.165) is 51.6 Å². The van der Waals surface area contributed by atoms with Gasteiger partial charge in [0.2, 0.25) is 5.91 Å². The van der Waals surface area contributed by atoms with E-state index >= 15 is 0 Å². The second kappa shape index (κ2) is 8.56. The predicted octanol–water partition coefficient (Wildman–Crippen LogP) is 1.91. The Bertz CT molecular complexity index is 333. The zero-order chi connectivity index (χ0) is 13.2. The molecular formula is C15H29Cl2N3O. The summed E-state index contributed by atoms with van der Waals surface area (Å²) in [4.78, 5) is 17.4. The van der Waals surface area contributed by atoms with Crippen molar-refractivity contribution in [3.63, 3.8) is 0 Å². The van der Waals surface area contributed by atoms with Crippen molar-refractivity contribution in [3.05, 3.63) is 0 Å². The maximum atomic E-state index is 12.6. The van der Waals surface area contributed by atoms with Gasteiger partial charge in [0.15, 0.2) is 0 Å². The van der Waals surface area contributed by atoms with Gasteiger partial charge in [-0.25, -0.2) is 0 Å². The third kappa shape index (κ3) is 4.25. The molecule has 1 N–H and O–H groups in total. The second-order valence-electron chi connectivity index (χ2n) is 6.48. The molecule has 0 spiro atoms. The molecule has 2 aliphatic heterocycles. The highest BCUT2D eigenvalue weighted by atomic mass is 35.5. The largest absolute Gasteiger partial charge is 0.337 e. The fourth-order valence-electron chi connectivity index (χ4n) is 3.70. The molecular weight excluding hydrogens is 309 g/mol. The van der Waals surface area contributed by atoms with Crippen LogP contribution in [0.3, 0.4) is 0 Å². The molecule has 4 nitrogen and oxygen atoms in total. The predicted molar refractivity (Wildman–Crippen MR) is 90.5 cm³/mol. The van der Waals surface area contributed by atoms with Crippen molar-refractivity contribution in [1.29, 1.82) is 0 Å². The van der Waals surface area contributed by atoms with Crippen molar-refractivity contribution in [3.8, 4) is 0 Å². The van der Waals surface area contributed by atoms with Crippen molar-refractivity contribution >= 4 is 30.7 Å². The van der Waals surface area contributed by atoms with Crippen LogP contribution in [-0.2, 0) is 4.79 Å². The minimum absolute atomic E-state index is 0. The Balaban J connectivity index is 0.00000110. The van der Waals surface area contributed by atoms with E-state index in [2.05, 4.69) is 22.0 Å². The lowest BCUT2D eigenvalue weighted by Gasteiger charge is -2.47. The number of hydrogen-bond acceptors (Lipinski definition) is 3. The number of hydrogen-bond donors (Lipinski definition) is 1. The van der Waals surface area contributed by atoms with Crippen LogP contribution in [0.5, 0.6) is 0 Å². The van der Waals surface area contributed by atoms with E-state index in [4.69, 9.17) is 0 Å². The number of nitrogens with zero attached hydrogens (tertiary/aromatic N) is 2. The monoisotopic (exact) mass is 337 g/mol. The molecule has 0 aromatic carbocycles. The molecule has 2 saturated heterocycles. The van der Waals surface area contributed by atoms with Gasteiger partial charge in [0.25, 0.3) is 0 Å². The van der Waals surface area contributed by atoms with Crippen molar-refractivity contribution in [2.24, 2.45) is 5.92 Å². The molecule has 0 radical (unpaired) electrons. The van der Waals surface area contributed by atoms with Crippen LogP contribution in [0.15, 0.2) is 0 Å². The Kier molecular flexibility index (Phi) is 7.75. The van der Waals surface area contributed by atoms with Gasteiger partial charge in [-0.3, -0.25) is 9.69 Å². The molecule has 2 heterocycles. The molecule has 1 atom stereocenters. The van der Waals surface area contributed by atoms with Crippen molar-refractivity contribution in [1.82, 2.24) is 15.1 Å². The van der Waals surface area contributed by atoms with Crippen LogP contribution in [0.1, 0.15) is 39.0 Å². The molecule has 124 valence electrons. The van der Waals surface area contributed by atoms with E-state index in [-0.39, 0.29) is 30.7 Å². The average molecular weight is 338 g/mol. The first-order chi connectivity index (χ1) is 9.25. The second-order valence-corrected chi connectivity index (χ2v) is 6.48. The fraction of sp³-hybridized carbons (Fsp3) is 0.933. The molecule has 0 bridgehead atoms. The molecule has 21 heavy (non-hydrogen) atoms. The third-order valence-corrected chi connectivity index (χ3v) is 5.22. The lowest BCUT2D eigenvalue weighted by atomic mass is 9.90. The first kappa shape index (κ1) is 19.0. The topological polar surface area (TPSA) is 35.6 Å².